The fourth-order valence-corrected chi connectivity index (χ4v) is 3.76. The molecule has 0 aliphatic heterocycles. The molecule has 100 valence electrons. The van der Waals surface area contributed by atoms with Gasteiger partial charge in [0.1, 0.15) is 0 Å². The summed E-state index contributed by atoms with van der Waals surface area (Å²) in [4.78, 5) is 0.238. The standard InChI is InChI=1S/C12H16BrNO3S/c1-8-7-9(5-6-10(8)13)18(16,17)14-11-3-2-4-12(11)15/h5-7,11-12,14-15H,2-4H2,1H3/t11-,12-/m1/s1. The summed E-state index contributed by atoms with van der Waals surface area (Å²) in [7, 11) is -3.55. The zero-order valence-electron chi connectivity index (χ0n) is 10.1. The van der Waals surface area contributed by atoms with E-state index in [0.29, 0.717) is 12.8 Å². The van der Waals surface area contributed by atoms with Gasteiger partial charge in [-0.1, -0.05) is 15.9 Å². The predicted octanol–water partition coefficient (Wildman–Crippen LogP) is 1.95. The first-order valence-electron chi connectivity index (χ1n) is 5.87. The number of aryl methyl sites for hydroxylation is 1. The maximum absolute atomic E-state index is 12.2. The quantitative estimate of drug-likeness (QED) is 0.888. The molecule has 1 fully saturated rings. The Morgan fingerprint density at radius 3 is 2.67 bits per heavy atom. The normalized spacial score (nSPS) is 24.4. The van der Waals surface area contributed by atoms with Crippen molar-refractivity contribution in [3.63, 3.8) is 0 Å². The minimum atomic E-state index is -3.55. The van der Waals surface area contributed by atoms with Crippen LogP contribution in [0.4, 0.5) is 0 Å². The first-order valence-corrected chi connectivity index (χ1v) is 8.14. The molecule has 0 saturated heterocycles. The van der Waals surface area contributed by atoms with E-state index >= 15 is 0 Å². The molecule has 2 N–H and O–H groups in total. The van der Waals surface area contributed by atoms with Crippen molar-refractivity contribution in [3.8, 4) is 0 Å². The Hall–Kier alpha value is -0.430. The molecule has 18 heavy (non-hydrogen) atoms. The summed E-state index contributed by atoms with van der Waals surface area (Å²) in [6, 6.07) is 4.53. The van der Waals surface area contributed by atoms with E-state index in [1.807, 2.05) is 6.92 Å². The highest BCUT2D eigenvalue weighted by Gasteiger charge is 2.29. The van der Waals surface area contributed by atoms with Crippen molar-refractivity contribution < 1.29 is 13.5 Å². The molecule has 1 aliphatic rings. The second-order valence-corrected chi connectivity index (χ2v) is 7.21. The van der Waals surface area contributed by atoms with Crippen LogP contribution in [0.5, 0.6) is 0 Å². The second kappa shape index (κ2) is 5.28. The van der Waals surface area contributed by atoms with Gasteiger partial charge >= 0.3 is 0 Å². The number of rotatable bonds is 3. The van der Waals surface area contributed by atoms with E-state index in [4.69, 9.17) is 0 Å². The molecule has 1 aromatic carbocycles. The number of aliphatic hydroxyl groups excluding tert-OH is 1. The second-order valence-electron chi connectivity index (χ2n) is 4.64. The van der Waals surface area contributed by atoms with Crippen LogP contribution in [-0.4, -0.2) is 25.7 Å². The van der Waals surface area contributed by atoms with E-state index < -0.39 is 16.1 Å². The van der Waals surface area contributed by atoms with Crippen LogP contribution < -0.4 is 4.72 Å². The van der Waals surface area contributed by atoms with E-state index in [1.165, 1.54) is 0 Å². The van der Waals surface area contributed by atoms with Crippen molar-refractivity contribution in [2.24, 2.45) is 0 Å². The molecule has 0 amide bonds. The molecule has 4 nitrogen and oxygen atoms in total. The Kier molecular flexibility index (Phi) is 4.11. The largest absolute Gasteiger partial charge is 0.391 e. The molecule has 0 radical (unpaired) electrons. The van der Waals surface area contributed by atoms with E-state index in [0.717, 1.165) is 16.5 Å². The summed E-state index contributed by atoms with van der Waals surface area (Å²) in [5.41, 5.74) is 0.866. The number of hydrogen-bond donors (Lipinski definition) is 2. The number of halogens is 1. The summed E-state index contributed by atoms with van der Waals surface area (Å²) in [5, 5.41) is 9.66. The summed E-state index contributed by atoms with van der Waals surface area (Å²) in [6.45, 7) is 1.84. The monoisotopic (exact) mass is 333 g/mol. The van der Waals surface area contributed by atoms with Crippen LogP contribution in [-0.2, 0) is 10.0 Å². The Morgan fingerprint density at radius 1 is 1.39 bits per heavy atom. The fourth-order valence-electron chi connectivity index (χ4n) is 2.13. The molecule has 0 spiro atoms. The van der Waals surface area contributed by atoms with Crippen molar-refractivity contribution in [2.45, 2.75) is 43.2 Å². The Morgan fingerprint density at radius 2 is 2.11 bits per heavy atom. The Bertz CT molecular complexity index is 544. The van der Waals surface area contributed by atoms with Gasteiger partial charge in [0.25, 0.3) is 0 Å². The zero-order chi connectivity index (χ0) is 13.3. The molecule has 2 atom stereocenters. The minimum Gasteiger partial charge on any atom is -0.391 e. The summed E-state index contributed by atoms with van der Waals surface area (Å²) >= 11 is 3.34. The highest BCUT2D eigenvalue weighted by atomic mass is 79.9. The van der Waals surface area contributed by atoms with Gasteiger partial charge in [0.2, 0.25) is 10.0 Å². The average molecular weight is 334 g/mol. The lowest BCUT2D eigenvalue weighted by Gasteiger charge is -2.16. The van der Waals surface area contributed by atoms with Gasteiger partial charge in [-0.15, -0.1) is 0 Å². The van der Waals surface area contributed by atoms with Gasteiger partial charge in [-0.05, 0) is 49.9 Å². The molecule has 0 bridgehead atoms. The molecule has 0 heterocycles. The Labute approximate surface area is 116 Å². The predicted molar refractivity (Wildman–Crippen MR) is 72.8 cm³/mol. The van der Waals surface area contributed by atoms with Gasteiger partial charge < -0.3 is 5.11 Å². The summed E-state index contributed by atoms with van der Waals surface area (Å²) < 4.78 is 27.8. The lowest BCUT2D eigenvalue weighted by Crippen LogP contribution is -2.39. The SMILES string of the molecule is Cc1cc(S(=O)(=O)N[C@@H]2CCC[C@H]2O)ccc1Br. The van der Waals surface area contributed by atoms with Crippen molar-refractivity contribution in [2.75, 3.05) is 0 Å². The number of sulfonamides is 1. The highest BCUT2D eigenvalue weighted by Crippen LogP contribution is 2.23. The first kappa shape index (κ1) is 14.0. The summed E-state index contributed by atoms with van der Waals surface area (Å²) in [6.07, 6.45) is 1.63. The van der Waals surface area contributed by atoms with E-state index in [-0.39, 0.29) is 10.9 Å². The minimum absolute atomic E-state index is 0.238. The van der Waals surface area contributed by atoms with Gasteiger partial charge in [0.15, 0.2) is 0 Å². The summed E-state index contributed by atoms with van der Waals surface area (Å²) in [5.74, 6) is 0. The van der Waals surface area contributed by atoms with Crippen molar-refractivity contribution >= 4 is 26.0 Å². The molecule has 1 aromatic rings. The lowest BCUT2D eigenvalue weighted by atomic mass is 10.2. The van der Waals surface area contributed by atoms with Crippen LogP contribution in [0.3, 0.4) is 0 Å². The molecule has 1 aliphatic carbocycles. The lowest BCUT2D eigenvalue weighted by molar-refractivity contribution is 0.159. The Balaban J connectivity index is 2.22. The molecule has 2 rings (SSSR count). The topological polar surface area (TPSA) is 66.4 Å². The molecule has 0 aromatic heterocycles. The molecule has 1 saturated carbocycles. The number of nitrogens with one attached hydrogen (secondary N) is 1. The molecular weight excluding hydrogens is 318 g/mol. The van der Waals surface area contributed by atoms with Crippen LogP contribution in [0.1, 0.15) is 24.8 Å². The van der Waals surface area contributed by atoms with Gasteiger partial charge in [0, 0.05) is 10.5 Å². The smallest absolute Gasteiger partial charge is 0.240 e. The van der Waals surface area contributed by atoms with Crippen LogP contribution in [0, 0.1) is 6.92 Å². The van der Waals surface area contributed by atoms with E-state index in [9.17, 15) is 13.5 Å². The fraction of sp³-hybridized carbons (Fsp3) is 0.500. The zero-order valence-corrected chi connectivity index (χ0v) is 12.5. The van der Waals surface area contributed by atoms with Crippen molar-refractivity contribution in [1.82, 2.24) is 4.72 Å². The van der Waals surface area contributed by atoms with Crippen LogP contribution >= 0.6 is 15.9 Å². The van der Waals surface area contributed by atoms with Crippen LogP contribution in [0.25, 0.3) is 0 Å². The maximum Gasteiger partial charge on any atom is 0.240 e. The first-order chi connectivity index (χ1) is 8.40. The van der Waals surface area contributed by atoms with Crippen molar-refractivity contribution in [3.05, 3.63) is 28.2 Å². The highest BCUT2D eigenvalue weighted by molar-refractivity contribution is 9.10. The number of aliphatic hydroxyl groups is 1. The molecule has 6 heteroatoms. The van der Waals surface area contributed by atoms with Gasteiger partial charge in [-0.25, -0.2) is 13.1 Å². The number of hydrogen-bond acceptors (Lipinski definition) is 3. The van der Waals surface area contributed by atoms with Crippen LogP contribution in [0.15, 0.2) is 27.6 Å². The van der Waals surface area contributed by atoms with E-state index in [1.54, 1.807) is 18.2 Å². The molecule has 0 unspecified atom stereocenters. The van der Waals surface area contributed by atoms with Gasteiger partial charge in [0.05, 0.1) is 11.0 Å². The third kappa shape index (κ3) is 2.93. The third-order valence-electron chi connectivity index (χ3n) is 3.23. The number of benzene rings is 1. The van der Waals surface area contributed by atoms with E-state index in [2.05, 4.69) is 20.7 Å². The maximum atomic E-state index is 12.2. The van der Waals surface area contributed by atoms with Crippen molar-refractivity contribution in [1.29, 1.82) is 0 Å². The van der Waals surface area contributed by atoms with Gasteiger partial charge in [-0.3, -0.25) is 0 Å². The van der Waals surface area contributed by atoms with Crippen LogP contribution in [0.2, 0.25) is 0 Å². The molecular formula is C12H16BrNO3S. The average Bonchev–Trinajstić information content (AvgIpc) is 2.67. The third-order valence-corrected chi connectivity index (χ3v) is 5.60. The van der Waals surface area contributed by atoms with Gasteiger partial charge in [-0.2, -0.15) is 0 Å².